The molecule has 0 bridgehead atoms. The fraction of sp³-hybridized carbons (Fsp3) is 0.750. The summed E-state index contributed by atoms with van der Waals surface area (Å²) >= 11 is 1.77. The summed E-state index contributed by atoms with van der Waals surface area (Å²) in [6.45, 7) is 10.3. The minimum Gasteiger partial charge on any atom is -0.379 e. The highest BCUT2D eigenvalue weighted by Gasteiger charge is 2.12. The molecule has 1 aliphatic heterocycles. The number of ether oxygens (including phenoxy) is 1. The van der Waals surface area contributed by atoms with E-state index in [-0.39, 0.29) is 0 Å². The number of rotatable bonds is 5. The molecule has 1 aromatic heterocycles. The number of morpholine rings is 1. The maximum absolute atomic E-state index is 5.33. The Balaban J connectivity index is 1.67. The largest absolute Gasteiger partial charge is 0.379 e. The molecule has 1 unspecified atom stereocenters. The quantitative estimate of drug-likeness (QED) is 0.864. The maximum atomic E-state index is 5.33. The smallest absolute Gasteiger partial charge is 0.109 e. The average Bonchev–Trinajstić information content (AvgIpc) is 2.77. The number of thiazole rings is 1. The second kappa shape index (κ2) is 6.44. The fourth-order valence-corrected chi connectivity index (χ4v) is 2.72. The van der Waals surface area contributed by atoms with Crippen molar-refractivity contribution < 1.29 is 4.74 Å². The van der Waals surface area contributed by atoms with Crippen LogP contribution in [-0.4, -0.2) is 49.3 Å². The van der Waals surface area contributed by atoms with Gasteiger partial charge in [-0.15, -0.1) is 11.3 Å². The van der Waals surface area contributed by atoms with E-state index in [1.807, 2.05) is 6.20 Å². The Morgan fingerprint density at radius 1 is 1.53 bits per heavy atom. The van der Waals surface area contributed by atoms with Gasteiger partial charge in [-0.3, -0.25) is 4.90 Å². The first-order chi connectivity index (χ1) is 8.25. The predicted molar refractivity (Wildman–Crippen MR) is 70.5 cm³/mol. The molecule has 1 atom stereocenters. The van der Waals surface area contributed by atoms with E-state index in [9.17, 15) is 0 Å². The molecule has 5 heteroatoms. The maximum Gasteiger partial charge on any atom is 0.109 e. The van der Waals surface area contributed by atoms with Crippen LogP contribution in [0.25, 0.3) is 0 Å². The molecular weight excluding hydrogens is 234 g/mol. The number of aryl methyl sites for hydroxylation is 1. The van der Waals surface area contributed by atoms with Gasteiger partial charge in [0.1, 0.15) is 5.01 Å². The predicted octanol–water partition coefficient (Wildman–Crippen LogP) is 1.43. The summed E-state index contributed by atoms with van der Waals surface area (Å²) in [7, 11) is 0. The summed E-state index contributed by atoms with van der Waals surface area (Å²) in [5.74, 6) is 0. The van der Waals surface area contributed by atoms with Crippen LogP contribution >= 0.6 is 11.3 Å². The minimum atomic E-state index is 0.356. The summed E-state index contributed by atoms with van der Waals surface area (Å²) in [5.41, 5.74) is 0. The lowest BCUT2D eigenvalue weighted by Gasteiger charge is -2.27. The van der Waals surface area contributed by atoms with Crippen LogP contribution in [0.1, 0.15) is 22.9 Å². The standard InChI is InChI=1S/C12H21N3OS/c1-10-9-14-12(17-10)11(2)13-3-4-15-5-7-16-8-6-15/h9,11,13H,3-8H2,1-2H3. The van der Waals surface area contributed by atoms with Crippen molar-refractivity contribution in [1.82, 2.24) is 15.2 Å². The number of nitrogens with one attached hydrogen (secondary N) is 1. The van der Waals surface area contributed by atoms with E-state index in [1.54, 1.807) is 11.3 Å². The number of hydrogen-bond acceptors (Lipinski definition) is 5. The molecule has 0 aliphatic carbocycles. The van der Waals surface area contributed by atoms with Crippen LogP contribution in [0.4, 0.5) is 0 Å². The lowest BCUT2D eigenvalue weighted by Crippen LogP contribution is -2.40. The van der Waals surface area contributed by atoms with Gasteiger partial charge >= 0.3 is 0 Å². The fourth-order valence-electron chi connectivity index (χ4n) is 1.92. The van der Waals surface area contributed by atoms with Crippen LogP contribution in [0.3, 0.4) is 0 Å². The lowest BCUT2D eigenvalue weighted by molar-refractivity contribution is 0.0382. The third kappa shape index (κ3) is 4.03. The van der Waals surface area contributed by atoms with Gasteiger partial charge in [0.25, 0.3) is 0 Å². The third-order valence-corrected chi connectivity index (χ3v) is 4.09. The van der Waals surface area contributed by atoms with Crippen LogP contribution in [0.5, 0.6) is 0 Å². The first-order valence-electron chi connectivity index (χ1n) is 6.21. The summed E-state index contributed by atoms with van der Waals surface area (Å²) in [6.07, 6.45) is 1.94. The molecule has 0 saturated carbocycles. The Kier molecular flexibility index (Phi) is 4.91. The van der Waals surface area contributed by atoms with Gasteiger partial charge in [0, 0.05) is 37.3 Å². The zero-order valence-electron chi connectivity index (χ0n) is 10.6. The normalized spacial score (nSPS) is 19.4. The third-order valence-electron chi connectivity index (χ3n) is 2.99. The van der Waals surface area contributed by atoms with E-state index in [0.717, 1.165) is 39.4 Å². The van der Waals surface area contributed by atoms with Crippen LogP contribution in [0, 0.1) is 6.92 Å². The van der Waals surface area contributed by atoms with E-state index in [0.29, 0.717) is 6.04 Å². The van der Waals surface area contributed by atoms with Crippen molar-refractivity contribution in [2.24, 2.45) is 0 Å². The molecule has 96 valence electrons. The number of nitrogens with zero attached hydrogens (tertiary/aromatic N) is 2. The molecule has 1 aromatic rings. The SMILES string of the molecule is Cc1cnc(C(C)NCCN2CCOCC2)s1. The topological polar surface area (TPSA) is 37.4 Å². The Hall–Kier alpha value is -0.490. The highest BCUT2D eigenvalue weighted by Crippen LogP contribution is 2.18. The molecule has 0 aromatic carbocycles. The molecule has 2 heterocycles. The van der Waals surface area contributed by atoms with Crippen molar-refractivity contribution >= 4 is 11.3 Å². The van der Waals surface area contributed by atoms with Crippen molar-refractivity contribution in [3.63, 3.8) is 0 Å². The van der Waals surface area contributed by atoms with Gasteiger partial charge in [0.05, 0.1) is 19.3 Å². The summed E-state index contributed by atoms with van der Waals surface area (Å²) < 4.78 is 5.33. The van der Waals surface area contributed by atoms with Gasteiger partial charge in [-0.2, -0.15) is 0 Å². The molecule has 1 fully saturated rings. The van der Waals surface area contributed by atoms with Gasteiger partial charge < -0.3 is 10.1 Å². The van der Waals surface area contributed by atoms with Crippen molar-refractivity contribution in [1.29, 1.82) is 0 Å². The molecular formula is C12H21N3OS. The second-order valence-electron chi connectivity index (χ2n) is 4.44. The average molecular weight is 255 g/mol. The summed E-state index contributed by atoms with van der Waals surface area (Å²) in [6, 6.07) is 0.356. The molecule has 4 nitrogen and oxygen atoms in total. The van der Waals surface area contributed by atoms with Crippen LogP contribution < -0.4 is 5.32 Å². The minimum absolute atomic E-state index is 0.356. The van der Waals surface area contributed by atoms with Gasteiger partial charge in [0.2, 0.25) is 0 Å². The first-order valence-corrected chi connectivity index (χ1v) is 7.03. The lowest BCUT2D eigenvalue weighted by atomic mass is 10.3. The van der Waals surface area contributed by atoms with Crippen LogP contribution in [0.2, 0.25) is 0 Å². The van der Waals surface area contributed by atoms with Gasteiger partial charge in [0.15, 0.2) is 0 Å². The number of hydrogen-bond donors (Lipinski definition) is 1. The first kappa shape index (κ1) is 13.0. The van der Waals surface area contributed by atoms with E-state index >= 15 is 0 Å². The monoisotopic (exact) mass is 255 g/mol. The second-order valence-corrected chi connectivity index (χ2v) is 5.71. The van der Waals surface area contributed by atoms with E-state index < -0.39 is 0 Å². The van der Waals surface area contributed by atoms with Crippen molar-refractivity contribution in [2.75, 3.05) is 39.4 Å². The molecule has 17 heavy (non-hydrogen) atoms. The van der Waals surface area contributed by atoms with Crippen molar-refractivity contribution in [3.8, 4) is 0 Å². The van der Waals surface area contributed by atoms with Crippen molar-refractivity contribution in [2.45, 2.75) is 19.9 Å². The van der Waals surface area contributed by atoms with Gasteiger partial charge in [-0.1, -0.05) is 0 Å². The van der Waals surface area contributed by atoms with E-state index in [2.05, 4.69) is 29.0 Å². The van der Waals surface area contributed by atoms with E-state index in [4.69, 9.17) is 4.74 Å². The summed E-state index contributed by atoms with van der Waals surface area (Å²) in [5, 5.41) is 4.71. The highest BCUT2D eigenvalue weighted by atomic mass is 32.1. The molecule has 0 radical (unpaired) electrons. The van der Waals surface area contributed by atoms with Gasteiger partial charge in [-0.05, 0) is 13.8 Å². The highest BCUT2D eigenvalue weighted by molar-refractivity contribution is 7.11. The molecule has 1 N–H and O–H groups in total. The Labute approximate surface area is 107 Å². The molecule has 1 saturated heterocycles. The van der Waals surface area contributed by atoms with Gasteiger partial charge in [-0.25, -0.2) is 4.98 Å². The number of aromatic nitrogens is 1. The van der Waals surface area contributed by atoms with E-state index in [1.165, 1.54) is 9.88 Å². The molecule has 0 amide bonds. The van der Waals surface area contributed by atoms with Crippen molar-refractivity contribution in [3.05, 3.63) is 16.1 Å². The molecule has 1 aliphatic rings. The summed E-state index contributed by atoms with van der Waals surface area (Å²) in [4.78, 5) is 8.12. The molecule has 0 spiro atoms. The zero-order chi connectivity index (χ0) is 12.1. The Morgan fingerprint density at radius 2 is 2.29 bits per heavy atom. The Bertz CT molecular complexity index is 336. The molecule has 2 rings (SSSR count). The Morgan fingerprint density at radius 3 is 2.94 bits per heavy atom. The van der Waals surface area contributed by atoms with Crippen LogP contribution in [0.15, 0.2) is 6.20 Å². The zero-order valence-corrected chi connectivity index (χ0v) is 11.4. The van der Waals surface area contributed by atoms with Crippen LogP contribution in [-0.2, 0) is 4.74 Å².